The third-order valence-corrected chi connectivity index (χ3v) is 3.92. The van der Waals surface area contributed by atoms with Crippen LogP contribution in [0, 0.1) is 11.8 Å². The van der Waals surface area contributed by atoms with Gasteiger partial charge in [0.1, 0.15) is 5.75 Å². The molecule has 0 amide bonds. The van der Waals surface area contributed by atoms with Crippen LogP contribution in [0.5, 0.6) is 5.75 Å². The van der Waals surface area contributed by atoms with Gasteiger partial charge in [-0.05, 0) is 36.3 Å². The van der Waals surface area contributed by atoms with E-state index in [0.29, 0.717) is 17.9 Å². The van der Waals surface area contributed by atoms with E-state index in [0.717, 1.165) is 17.7 Å². The number of ether oxygens (including phenoxy) is 1. The molecular weight excluding hydrogens is 258 g/mol. The smallest absolute Gasteiger partial charge is 0.127 e. The first-order valence-corrected chi connectivity index (χ1v) is 8.20. The first kappa shape index (κ1) is 17.7. The molecule has 0 bridgehead atoms. The van der Waals surface area contributed by atoms with Crippen molar-refractivity contribution in [3.05, 3.63) is 29.3 Å². The fourth-order valence-electron chi connectivity index (χ4n) is 2.77. The number of aryl methyl sites for hydroxylation is 1. The molecule has 0 radical (unpaired) electrons. The molecule has 0 aliphatic rings. The third kappa shape index (κ3) is 5.18. The quantitative estimate of drug-likeness (QED) is 0.607. The predicted octanol–water partition coefficient (Wildman–Crippen LogP) is 5.14. The van der Waals surface area contributed by atoms with Gasteiger partial charge in [0.15, 0.2) is 0 Å². The third-order valence-electron chi connectivity index (χ3n) is 3.92. The van der Waals surface area contributed by atoms with Crippen molar-refractivity contribution in [2.24, 2.45) is 16.8 Å². The highest BCUT2D eigenvalue weighted by atomic mass is 16.5. The summed E-state index contributed by atoms with van der Waals surface area (Å²) in [6, 6.07) is 6.65. The molecule has 1 rings (SSSR count). The zero-order valence-corrected chi connectivity index (χ0v) is 14.5. The Morgan fingerprint density at radius 3 is 2.33 bits per heavy atom. The second kappa shape index (κ2) is 8.86. The molecule has 118 valence electrons. The molecule has 0 aliphatic heterocycles. The maximum atomic E-state index is 5.53. The molecule has 1 aromatic rings. The van der Waals surface area contributed by atoms with E-state index in [1.165, 1.54) is 18.4 Å². The van der Waals surface area contributed by atoms with Gasteiger partial charge in [-0.1, -0.05) is 53.2 Å². The van der Waals surface area contributed by atoms with Crippen molar-refractivity contribution in [2.45, 2.75) is 59.9 Å². The zero-order valence-electron chi connectivity index (χ0n) is 14.5. The van der Waals surface area contributed by atoms with Crippen LogP contribution in [0.15, 0.2) is 23.2 Å². The lowest BCUT2D eigenvalue weighted by Gasteiger charge is -2.20. The summed E-state index contributed by atoms with van der Waals surface area (Å²) in [5, 5.41) is 0. The molecule has 0 saturated carbocycles. The van der Waals surface area contributed by atoms with Gasteiger partial charge in [-0.3, -0.25) is 4.99 Å². The largest absolute Gasteiger partial charge is 0.496 e. The summed E-state index contributed by atoms with van der Waals surface area (Å²) in [5.74, 6) is 2.03. The second-order valence-electron chi connectivity index (χ2n) is 6.39. The van der Waals surface area contributed by atoms with E-state index >= 15 is 0 Å². The lowest BCUT2D eigenvalue weighted by molar-refractivity contribution is 0.389. The Bertz CT molecular complexity index is 441. The normalized spacial score (nSPS) is 12.0. The van der Waals surface area contributed by atoms with E-state index in [9.17, 15) is 0 Å². The number of aliphatic imine (C=N–C) groups is 1. The highest BCUT2D eigenvalue weighted by Gasteiger charge is 2.16. The Hall–Kier alpha value is -1.31. The molecule has 2 heteroatoms. The van der Waals surface area contributed by atoms with Crippen LogP contribution in [0.3, 0.4) is 0 Å². The van der Waals surface area contributed by atoms with Crippen molar-refractivity contribution in [1.29, 1.82) is 0 Å². The van der Waals surface area contributed by atoms with E-state index in [2.05, 4.69) is 46.8 Å². The van der Waals surface area contributed by atoms with E-state index in [-0.39, 0.29) is 0 Å². The van der Waals surface area contributed by atoms with Gasteiger partial charge >= 0.3 is 0 Å². The summed E-state index contributed by atoms with van der Waals surface area (Å²) < 4.78 is 5.53. The van der Waals surface area contributed by atoms with Gasteiger partial charge in [0.25, 0.3) is 0 Å². The highest BCUT2D eigenvalue weighted by molar-refractivity contribution is 5.85. The molecular formula is C19H31NO. The standard InChI is InChI=1S/C19H31NO/c1-7-8-10-16-11-9-12-18(21-6)17(16)13-20-19(14(2)3)15(4)5/h9,11-15,19H,7-8,10H2,1-6H3. The summed E-state index contributed by atoms with van der Waals surface area (Å²) in [6.45, 7) is 11.2. The maximum absolute atomic E-state index is 5.53. The fraction of sp³-hybridized carbons (Fsp3) is 0.632. The van der Waals surface area contributed by atoms with Crippen molar-refractivity contribution in [3.8, 4) is 5.75 Å². The van der Waals surface area contributed by atoms with Gasteiger partial charge < -0.3 is 4.74 Å². The first-order valence-electron chi connectivity index (χ1n) is 8.20. The Morgan fingerprint density at radius 1 is 1.14 bits per heavy atom. The molecule has 1 aromatic carbocycles. The fourth-order valence-corrected chi connectivity index (χ4v) is 2.77. The number of nitrogens with zero attached hydrogens (tertiary/aromatic N) is 1. The summed E-state index contributed by atoms with van der Waals surface area (Å²) in [5.41, 5.74) is 2.49. The Kier molecular flexibility index (Phi) is 7.49. The van der Waals surface area contributed by atoms with Crippen LogP contribution in [0.2, 0.25) is 0 Å². The molecule has 21 heavy (non-hydrogen) atoms. The monoisotopic (exact) mass is 289 g/mol. The van der Waals surface area contributed by atoms with E-state index in [1.54, 1.807) is 7.11 Å². The van der Waals surface area contributed by atoms with Crippen molar-refractivity contribution in [2.75, 3.05) is 7.11 Å². The number of rotatable bonds is 8. The van der Waals surface area contributed by atoms with Crippen molar-refractivity contribution in [3.63, 3.8) is 0 Å². The van der Waals surface area contributed by atoms with Crippen LogP contribution in [-0.2, 0) is 6.42 Å². The summed E-state index contributed by atoms with van der Waals surface area (Å²) >= 11 is 0. The number of hydrogen-bond acceptors (Lipinski definition) is 2. The minimum atomic E-state index is 0.355. The number of unbranched alkanes of at least 4 members (excludes halogenated alkanes) is 1. The molecule has 0 heterocycles. The minimum absolute atomic E-state index is 0.355. The van der Waals surface area contributed by atoms with Crippen molar-refractivity contribution < 1.29 is 4.74 Å². The molecule has 2 nitrogen and oxygen atoms in total. The topological polar surface area (TPSA) is 21.6 Å². The van der Waals surface area contributed by atoms with Gasteiger partial charge in [0, 0.05) is 11.8 Å². The molecule has 0 unspecified atom stereocenters. The predicted molar refractivity (Wildman–Crippen MR) is 92.7 cm³/mol. The van der Waals surface area contributed by atoms with Crippen LogP contribution >= 0.6 is 0 Å². The van der Waals surface area contributed by atoms with Crippen LogP contribution in [0.4, 0.5) is 0 Å². The van der Waals surface area contributed by atoms with Gasteiger partial charge in [-0.25, -0.2) is 0 Å². The Balaban J connectivity index is 3.08. The van der Waals surface area contributed by atoms with E-state index < -0.39 is 0 Å². The number of methoxy groups -OCH3 is 1. The first-order chi connectivity index (χ1) is 10.0. The summed E-state index contributed by atoms with van der Waals surface area (Å²) in [7, 11) is 1.73. The molecule has 0 atom stereocenters. The Morgan fingerprint density at radius 2 is 1.81 bits per heavy atom. The summed E-state index contributed by atoms with van der Waals surface area (Å²) in [6.07, 6.45) is 5.53. The van der Waals surface area contributed by atoms with Crippen LogP contribution in [-0.4, -0.2) is 19.4 Å². The van der Waals surface area contributed by atoms with Crippen LogP contribution in [0.1, 0.15) is 58.6 Å². The zero-order chi connectivity index (χ0) is 15.8. The number of benzene rings is 1. The van der Waals surface area contributed by atoms with Gasteiger partial charge in [-0.15, -0.1) is 0 Å². The van der Waals surface area contributed by atoms with E-state index in [1.807, 2.05) is 12.3 Å². The Labute approximate surface area is 130 Å². The average molecular weight is 289 g/mol. The SMILES string of the molecule is CCCCc1cccc(OC)c1C=NC(C(C)C)C(C)C. The molecule has 0 aromatic heterocycles. The van der Waals surface area contributed by atoms with Crippen LogP contribution in [0.25, 0.3) is 0 Å². The number of hydrogen-bond donors (Lipinski definition) is 0. The lowest BCUT2D eigenvalue weighted by Crippen LogP contribution is -2.20. The van der Waals surface area contributed by atoms with Gasteiger partial charge in [0.05, 0.1) is 13.2 Å². The van der Waals surface area contributed by atoms with Crippen molar-refractivity contribution in [1.82, 2.24) is 0 Å². The molecule has 0 spiro atoms. The summed E-state index contributed by atoms with van der Waals surface area (Å²) in [4.78, 5) is 4.87. The molecule has 0 aliphatic carbocycles. The lowest BCUT2D eigenvalue weighted by atomic mass is 9.94. The van der Waals surface area contributed by atoms with Gasteiger partial charge in [-0.2, -0.15) is 0 Å². The van der Waals surface area contributed by atoms with E-state index in [4.69, 9.17) is 9.73 Å². The van der Waals surface area contributed by atoms with Crippen LogP contribution < -0.4 is 4.74 Å². The van der Waals surface area contributed by atoms with Crippen molar-refractivity contribution >= 4 is 6.21 Å². The molecule has 0 saturated heterocycles. The average Bonchev–Trinajstić information content (AvgIpc) is 2.45. The minimum Gasteiger partial charge on any atom is -0.496 e. The molecule has 0 N–H and O–H groups in total. The highest BCUT2D eigenvalue weighted by Crippen LogP contribution is 2.23. The molecule has 0 fully saturated rings. The maximum Gasteiger partial charge on any atom is 0.127 e. The van der Waals surface area contributed by atoms with Gasteiger partial charge in [0.2, 0.25) is 0 Å². The second-order valence-corrected chi connectivity index (χ2v) is 6.39.